The van der Waals surface area contributed by atoms with Crippen LogP contribution in [-0.4, -0.2) is 49.6 Å². The van der Waals surface area contributed by atoms with E-state index < -0.39 is 23.8 Å². The molecule has 35 heavy (non-hydrogen) atoms. The van der Waals surface area contributed by atoms with Gasteiger partial charge in [-0.15, -0.1) is 0 Å². The van der Waals surface area contributed by atoms with Gasteiger partial charge < -0.3 is 19.5 Å². The third-order valence-corrected chi connectivity index (χ3v) is 7.18. The number of carbonyl (C=O) groups is 3. The summed E-state index contributed by atoms with van der Waals surface area (Å²) in [6, 6.07) is 7.43. The normalized spacial score (nSPS) is 21.9. The summed E-state index contributed by atoms with van der Waals surface area (Å²) in [6.07, 6.45) is 1.39. The van der Waals surface area contributed by atoms with Crippen LogP contribution in [0.25, 0.3) is 0 Å². The summed E-state index contributed by atoms with van der Waals surface area (Å²) in [5, 5.41) is 3.28. The summed E-state index contributed by atoms with van der Waals surface area (Å²) >= 11 is 1.69. The van der Waals surface area contributed by atoms with Crippen LogP contribution in [-0.2, 0) is 23.9 Å². The monoisotopic (exact) mass is 501 g/mol. The molecule has 0 radical (unpaired) electrons. The molecule has 0 saturated carbocycles. The molecule has 2 aliphatic rings. The Kier molecular flexibility index (Phi) is 9.43. The zero-order valence-electron chi connectivity index (χ0n) is 21.1. The van der Waals surface area contributed by atoms with Crippen molar-refractivity contribution in [1.82, 2.24) is 5.32 Å². The highest BCUT2D eigenvalue weighted by atomic mass is 32.2. The molecule has 3 rings (SSSR count). The van der Waals surface area contributed by atoms with Gasteiger partial charge in [-0.05, 0) is 49.1 Å². The van der Waals surface area contributed by atoms with Gasteiger partial charge in [0.05, 0.1) is 19.3 Å². The van der Waals surface area contributed by atoms with Crippen molar-refractivity contribution in [3.63, 3.8) is 0 Å². The molecular formula is C27H35NO6S. The maximum atomic E-state index is 13.7. The van der Waals surface area contributed by atoms with E-state index in [-0.39, 0.29) is 18.3 Å². The van der Waals surface area contributed by atoms with E-state index in [1.807, 2.05) is 45.0 Å². The number of thioether (sulfide) groups is 1. The molecule has 0 amide bonds. The Bertz CT molecular complexity index is 1010. The number of hydrogen-bond donors (Lipinski definition) is 1. The van der Waals surface area contributed by atoms with Crippen LogP contribution in [0.3, 0.4) is 0 Å². The first-order valence-corrected chi connectivity index (χ1v) is 13.3. The zero-order valence-corrected chi connectivity index (χ0v) is 22.0. The Labute approximate surface area is 211 Å². The minimum absolute atomic E-state index is 0.223. The van der Waals surface area contributed by atoms with Gasteiger partial charge in [0.25, 0.3) is 0 Å². The molecular weight excluding hydrogens is 466 g/mol. The van der Waals surface area contributed by atoms with Crippen LogP contribution in [0.15, 0.2) is 46.8 Å². The van der Waals surface area contributed by atoms with Gasteiger partial charge in [-0.2, -0.15) is 11.8 Å². The van der Waals surface area contributed by atoms with Gasteiger partial charge >= 0.3 is 11.9 Å². The van der Waals surface area contributed by atoms with Crippen LogP contribution in [0.5, 0.6) is 5.75 Å². The predicted octanol–water partition coefficient (Wildman–Crippen LogP) is 4.38. The summed E-state index contributed by atoms with van der Waals surface area (Å²) in [5.74, 6) is -0.752. The number of ketones is 1. The summed E-state index contributed by atoms with van der Waals surface area (Å²) in [7, 11) is 1.29. The maximum absolute atomic E-state index is 13.7. The van der Waals surface area contributed by atoms with Gasteiger partial charge in [-0.3, -0.25) is 9.59 Å². The molecule has 0 saturated heterocycles. The second-order valence-electron chi connectivity index (χ2n) is 8.79. The first-order valence-electron chi connectivity index (χ1n) is 12.1. The van der Waals surface area contributed by atoms with Crippen molar-refractivity contribution in [3.05, 3.63) is 52.4 Å². The summed E-state index contributed by atoms with van der Waals surface area (Å²) in [5.41, 5.74) is 2.99. The number of methoxy groups -OCH3 is 1. The van der Waals surface area contributed by atoms with Crippen LogP contribution >= 0.6 is 11.8 Å². The smallest absolute Gasteiger partial charge is 0.336 e. The van der Waals surface area contributed by atoms with Crippen LogP contribution in [0.4, 0.5) is 0 Å². The van der Waals surface area contributed by atoms with Crippen LogP contribution < -0.4 is 10.1 Å². The van der Waals surface area contributed by atoms with Crippen molar-refractivity contribution >= 4 is 29.5 Å². The number of benzene rings is 1. The zero-order chi connectivity index (χ0) is 25.5. The van der Waals surface area contributed by atoms with Gasteiger partial charge in [0.15, 0.2) is 5.78 Å². The molecule has 1 aliphatic heterocycles. The van der Waals surface area contributed by atoms with Crippen molar-refractivity contribution in [2.75, 3.05) is 31.8 Å². The minimum Gasteiger partial charge on any atom is -0.494 e. The molecule has 1 aromatic rings. The Balaban J connectivity index is 2.04. The molecule has 0 aromatic heterocycles. The molecule has 1 aromatic carbocycles. The van der Waals surface area contributed by atoms with Gasteiger partial charge in [0.1, 0.15) is 18.3 Å². The lowest BCUT2D eigenvalue weighted by molar-refractivity contribution is -0.151. The summed E-state index contributed by atoms with van der Waals surface area (Å²) in [4.78, 5) is 39.6. The molecule has 0 unspecified atom stereocenters. The predicted molar refractivity (Wildman–Crippen MR) is 136 cm³/mol. The third kappa shape index (κ3) is 5.92. The third-order valence-electron chi connectivity index (χ3n) is 6.31. The lowest BCUT2D eigenvalue weighted by Crippen LogP contribution is -2.43. The number of carbonyl (C=O) groups excluding carboxylic acids is 3. The number of esters is 2. The average Bonchev–Trinajstić information content (AvgIpc) is 2.84. The van der Waals surface area contributed by atoms with Crippen molar-refractivity contribution in [3.8, 4) is 5.75 Å². The molecule has 1 N–H and O–H groups in total. The second kappa shape index (κ2) is 12.3. The number of dihydropyridines is 1. The lowest BCUT2D eigenvalue weighted by Gasteiger charge is -2.38. The lowest BCUT2D eigenvalue weighted by atomic mass is 9.69. The second-order valence-corrected chi connectivity index (χ2v) is 10.2. The number of hydrogen-bond acceptors (Lipinski definition) is 8. The maximum Gasteiger partial charge on any atom is 0.336 e. The standard InChI is InChI=1S/C27H35NO6S/c1-6-12-33-19-10-8-18(9-11-19)23-22(27(31)34-13-14-35-7-2)17(4)28-20-15-16(3)21(26(30)32-5)25(29)24(20)23/h8-11,16,21,23,28H,6-7,12-15H2,1-5H3/t16-,21+,23-/m0/s1. The summed E-state index contributed by atoms with van der Waals surface area (Å²) < 4.78 is 16.3. The molecule has 1 heterocycles. The molecule has 1 aliphatic carbocycles. The van der Waals surface area contributed by atoms with Crippen molar-refractivity contribution < 1.29 is 28.6 Å². The summed E-state index contributed by atoms with van der Waals surface area (Å²) in [6.45, 7) is 8.67. The topological polar surface area (TPSA) is 90.9 Å². The van der Waals surface area contributed by atoms with Crippen LogP contribution in [0.2, 0.25) is 0 Å². The van der Waals surface area contributed by atoms with Crippen molar-refractivity contribution in [1.29, 1.82) is 0 Å². The quantitative estimate of drug-likeness (QED) is 0.287. The Hall–Kier alpha value is -2.74. The number of Topliss-reactive ketones (excluding diaryl/α,β-unsaturated/α-hetero) is 1. The molecule has 8 heteroatoms. The van der Waals surface area contributed by atoms with E-state index in [0.717, 1.165) is 29.2 Å². The van der Waals surface area contributed by atoms with Crippen molar-refractivity contribution in [2.24, 2.45) is 11.8 Å². The Morgan fingerprint density at radius 2 is 1.86 bits per heavy atom. The highest BCUT2D eigenvalue weighted by molar-refractivity contribution is 7.99. The number of rotatable bonds is 10. The largest absolute Gasteiger partial charge is 0.494 e. The van der Waals surface area contributed by atoms with E-state index in [4.69, 9.17) is 14.2 Å². The van der Waals surface area contributed by atoms with E-state index >= 15 is 0 Å². The van der Waals surface area contributed by atoms with E-state index in [0.29, 0.717) is 35.6 Å². The fourth-order valence-corrected chi connectivity index (χ4v) is 5.17. The number of ether oxygens (including phenoxy) is 3. The highest BCUT2D eigenvalue weighted by Gasteiger charge is 2.47. The SMILES string of the molecule is CCCOc1ccc([C@H]2C(C(=O)OCCSCC)=C(C)NC3=C2C(=O)[C@H](C(=O)OC)[C@@H](C)C3)cc1. The van der Waals surface area contributed by atoms with Crippen LogP contribution in [0.1, 0.15) is 52.0 Å². The molecule has 3 atom stereocenters. The van der Waals surface area contributed by atoms with Crippen LogP contribution in [0, 0.1) is 11.8 Å². The fraction of sp³-hybridized carbons (Fsp3) is 0.519. The Morgan fingerprint density at radius 3 is 2.49 bits per heavy atom. The molecule has 0 spiro atoms. The molecule has 7 nitrogen and oxygen atoms in total. The first-order chi connectivity index (χ1) is 16.8. The van der Waals surface area contributed by atoms with E-state index in [1.54, 1.807) is 11.8 Å². The fourth-order valence-electron chi connectivity index (χ4n) is 4.68. The van der Waals surface area contributed by atoms with E-state index in [9.17, 15) is 14.4 Å². The molecule has 0 fully saturated rings. The van der Waals surface area contributed by atoms with E-state index in [1.165, 1.54) is 7.11 Å². The van der Waals surface area contributed by atoms with Gasteiger partial charge in [0, 0.05) is 28.6 Å². The van der Waals surface area contributed by atoms with Crippen molar-refractivity contribution in [2.45, 2.75) is 46.5 Å². The molecule has 190 valence electrons. The number of allylic oxidation sites excluding steroid dienone is 3. The molecule has 0 bridgehead atoms. The first kappa shape index (κ1) is 26.9. The highest BCUT2D eigenvalue weighted by Crippen LogP contribution is 2.45. The van der Waals surface area contributed by atoms with Gasteiger partial charge in [0.2, 0.25) is 0 Å². The average molecular weight is 502 g/mol. The van der Waals surface area contributed by atoms with E-state index in [2.05, 4.69) is 12.2 Å². The van der Waals surface area contributed by atoms with Gasteiger partial charge in [-0.25, -0.2) is 4.79 Å². The minimum atomic E-state index is -0.910. The van der Waals surface area contributed by atoms with Gasteiger partial charge in [-0.1, -0.05) is 32.9 Å². The number of nitrogens with one attached hydrogen (secondary N) is 1. The Morgan fingerprint density at radius 1 is 1.14 bits per heavy atom.